The van der Waals surface area contributed by atoms with Crippen LogP contribution in [0.5, 0.6) is 0 Å². The Morgan fingerprint density at radius 3 is 2.59 bits per heavy atom. The number of nitrogens with zero attached hydrogens (tertiary/aromatic N) is 2. The molecule has 0 bridgehead atoms. The molecule has 0 aromatic heterocycles. The summed E-state index contributed by atoms with van der Waals surface area (Å²) in [6.07, 6.45) is 4.57. The van der Waals surface area contributed by atoms with Crippen molar-refractivity contribution in [3.05, 3.63) is 35.4 Å². The van der Waals surface area contributed by atoms with Crippen molar-refractivity contribution < 1.29 is 9.53 Å². The quantitative estimate of drug-likeness (QED) is 0.859. The van der Waals surface area contributed by atoms with Gasteiger partial charge in [-0.05, 0) is 49.3 Å². The Balaban J connectivity index is 1.52. The minimum atomic E-state index is -0.334. The molecule has 3 fully saturated rings. The summed E-state index contributed by atoms with van der Waals surface area (Å²) in [5.74, 6) is 0.923. The van der Waals surface area contributed by atoms with E-state index in [-0.39, 0.29) is 17.4 Å². The van der Waals surface area contributed by atoms with Crippen LogP contribution in [0.3, 0.4) is 0 Å². The maximum atomic E-state index is 13.0. The van der Waals surface area contributed by atoms with E-state index in [1.807, 2.05) is 29.2 Å². The van der Waals surface area contributed by atoms with Crippen molar-refractivity contribution in [3.8, 4) is 6.07 Å². The Morgan fingerprint density at radius 2 is 2.00 bits per heavy atom. The topological polar surface area (TPSA) is 53.3 Å². The van der Waals surface area contributed by atoms with Gasteiger partial charge in [0.25, 0.3) is 0 Å². The monoisotopic (exact) mass is 296 g/mol. The van der Waals surface area contributed by atoms with Crippen LogP contribution in [0.25, 0.3) is 0 Å². The highest BCUT2D eigenvalue weighted by Crippen LogP contribution is 2.50. The fourth-order valence-corrected chi connectivity index (χ4v) is 3.53. The fraction of sp³-hybridized carbons (Fsp3) is 0.556. The van der Waals surface area contributed by atoms with Gasteiger partial charge >= 0.3 is 0 Å². The Hall–Kier alpha value is -1.86. The molecule has 4 rings (SSSR count). The zero-order valence-corrected chi connectivity index (χ0v) is 12.6. The summed E-state index contributed by atoms with van der Waals surface area (Å²) < 4.78 is 5.82. The molecule has 22 heavy (non-hydrogen) atoms. The van der Waals surface area contributed by atoms with Crippen molar-refractivity contribution in [2.45, 2.75) is 37.2 Å². The average molecular weight is 296 g/mol. The first-order valence-corrected chi connectivity index (χ1v) is 8.14. The molecular formula is C18H20N2O2. The van der Waals surface area contributed by atoms with E-state index in [1.54, 1.807) is 0 Å². The van der Waals surface area contributed by atoms with Gasteiger partial charge in [0.05, 0.1) is 29.8 Å². The van der Waals surface area contributed by atoms with Crippen LogP contribution in [0, 0.1) is 17.2 Å². The van der Waals surface area contributed by atoms with E-state index in [4.69, 9.17) is 10.00 Å². The second-order valence-corrected chi connectivity index (χ2v) is 6.77. The van der Waals surface area contributed by atoms with Crippen LogP contribution in [-0.2, 0) is 14.9 Å². The summed E-state index contributed by atoms with van der Waals surface area (Å²) in [7, 11) is 0. The molecular weight excluding hydrogens is 276 g/mol. The Bertz CT molecular complexity index is 623. The molecule has 3 aliphatic rings. The van der Waals surface area contributed by atoms with Crippen molar-refractivity contribution in [2.24, 2.45) is 5.92 Å². The van der Waals surface area contributed by atoms with E-state index >= 15 is 0 Å². The molecule has 4 heteroatoms. The van der Waals surface area contributed by atoms with E-state index in [1.165, 1.54) is 12.8 Å². The summed E-state index contributed by atoms with van der Waals surface area (Å²) in [5.41, 5.74) is 1.37. The number of ether oxygens (including phenoxy) is 1. The molecule has 2 aliphatic carbocycles. The molecule has 2 saturated carbocycles. The molecule has 0 radical (unpaired) electrons. The highest BCUT2D eigenvalue weighted by molar-refractivity contribution is 5.91. The lowest BCUT2D eigenvalue weighted by molar-refractivity contribution is -0.142. The van der Waals surface area contributed by atoms with Gasteiger partial charge in [0, 0.05) is 13.1 Å². The number of benzene rings is 1. The minimum absolute atomic E-state index is 0.245. The number of hydrogen-bond donors (Lipinski definition) is 0. The van der Waals surface area contributed by atoms with Gasteiger partial charge in [-0.3, -0.25) is 4.79 Å². The lowest BCUT2D eigenvalue weighted by Gasteiger charge is -2.35. The van der Waals surface area contributed by atoms with Crippen molar-refractivity contribution in [2.75, 3.05) is 19.7 Å². The molecule has 114 valence electrons. The molecule has 1 atom stereocenters. The number of morpholine rings is 1. The number of amides is 1. The largest absolute Gasteiger partial charge is 0.374 e. The van der Waals surface area contributed by atoms with E-state index in [0.717, 1.165) is 24.9 Å². The fourth-order valence-electron chi connectivity index (χ4n) is 3.53. The smallest absolute Gasteiger partial charge is 0.233 e. The third-order valence-electron chi connectivity index (χ3n) is 5.25. The Morgan fingerprint density at radius 1 is 1.27 bits per heavy atom. The molecule has 1 saturated heterocycles. The van der Waals surface area contributed by atoms with Crippen molar-refractivity contribution in [1.29, 1.82) is 5.26 Å². The van der Waals surface area contributed by atoms with Crippen LogP contribution in [0.2, 0.25) is 0 Å². The van der Waals surface area contributed by atoms with Gasteiger partial charge in [-0.2, -0.15) is 5.26 Å². The van der Waals surface area contributed by atoms with Gasteiger partial charge in [0.15, 0.2) is 0 Å². The second kappa shape index (κ2) is 5.10. The molecule has 1 unspecified atom stereocenters. The van der Waals surface area contributed by atoms with E-state index in [2.05, 4.69) is 6.07 Å². The average Bonchev–Trinajstić information content (AvgIpc) is 3.48. The third-order valence-corrected chi connectivity index (χ3v) is 5.25. The van der Waals surface area contributed by atoms with Crippen LogP contribution >= 0.6 is 0 Å². The highest BCUT2D eigenvalue weighted by atomic mass is 16.5. The molecule has 1 heterocycles. The first-order chi connectivity index (χ1) is 10.7. The SMILES string of the molecule is N#Cc1ccc(C2(C(=O)N3CCOC(C4CC4)C3)CC2)cc1. The number of hydrogen-bond acceptors (Lipinski definition) is 3. The van der Waals surface area contributed by atoms with E-state index in [0.29, 0.717) is 24.6 Å². The number of nitriles is 1. The van der Waals surface area contributed by atoms with E-state index in [9.17, 15) is 4.79 Å². The number of carbonyl (C=O) groups excluding carboxylic acids is 1. The lowest BCUT2D eigenvalue weighted by atomic mass is 9.93. The van der Waals surface area contributed by atoms with Gasteiger partial charge in [0.2, 0.25) is 5.91 Å². The molecule has 0 spiro atoms. The minimum Gasteiger partial charge on any atom is -0.374 e. The van der Waals surface area contributed by atoms with Crippen LogP contribution in [0.1, 0.15) is 36.8 Å². The predicted molar refractivity (Wildman–Crippen MR) is 81.1 cm³/mol. The molecule has 1 aromatic rings. The van der Waals surface area contributed by atoms with Crippen molar-refractivity contribution in [3.63, 3.8) is 0 Å². The summed E-state index contributed by atoms with van der Waals surface area (Å²) in [6, 6.07) is 9.65. The summed E-state index contributed by atoms with van der Waals surface area (Å²) in [6.45, 7) is 2.12. The molecule has 4 nitrogen and oxygen atoms in total. The molecule has 1 amide bonds. The third kappa shape index (κ3) is 2.30. The van der Waals surface area contributed by atoms with Crippen LogP contribution in [0.15, 0.2) is 24.3 Å². The first kappa shape index (κ1) is 13.8. The van der Waals surface area contributed by atoms with Gasteiger partial charge in [-0.15, -0.1) is 0 Å². The lowest BCUT2D eigenvalue weighted by Crippen LogP contribution is -2.49. The molecule has 0 N–H and O–H groups in total. The first-order valence-electron chi connectivity index (χ1n) is 8.14. The van der Waals surface area contributed by atoms with Crippen molar-refractivity contribution >= 4 is 5.91 Å². The maximum Gasteiger partial charge on any atom is 0.233 e. The number of carbonyl (C=O) groups is 1. The van der Waals surface area contributed by atoms with Gasteiger partial charge in [0.1, 0.15) is 0 Å². The summed E-state index contributed by atoms with van der Waals surface area (Å²) in [5, 5.41) is 8.91. The molecule has 1 aromatic carbocycles. The maximum absolute atomic E-state index is 13.0. The summed E-state index contributed by atoms with van der Waals surface area (Å²) >= 11 is 0. The van der Waals surface area contributed by atoms with Gasteiger partial charge in [-0.1, -0.05) is 12.1 Å². The van der Waals surface area contributed by atoms with E-state index < -0.39 is 0 Å². The number of rotatable bonds is 3. The van der Waals surface area contributed by atoms with Crippen LogP contribution in [-0.4, -0.2) is 36.6 Å². The normalized spacial score (nSPS) is 26.3. The van der Waals surface area contributed by atoms with Crippen LogP contribution < -0.4 is 0 Å². The predicted octanol–water partition coefficient (Wildman–Crippen LogP) is 2.23. The standard InChI is InChI=1S/C18H20N2O2/c19-11-13-1-5-15(6-2-13)18(7-8-18)17(21)20-9-10-22-16(12-20)14-3-4-14/h1-2,5-6,14,16H,3-4,7-10,12H2. The highest BCUT2D eigenvalue weighted by Gasteiger charge is 2.53. The van der Waals surface area contributed by atoms with Gasteiger partial charge < -0.3 is 9.64 Å². The van der Waals surface area contributed by atoms with Crippen LogP contribution in [0.4, 0.5) is 0 Å². The second-order valence-electron chi connectivity index (χ2n) is 6.77. The van der Waals surface area contributed by atoms with Crippen molar-refractivity contribution in [1.82, 2.24) is 4.90 Å². The zero-order valence-electron chi connectivity index (χ0n) is 12.6. The Labute approximate surface area is 130 Å². The summed E-state index contributed by atoms with van der Waals surface area (Å²) in [4.78, 5) is 15.0. The zero-order chi connectivity index (χ0) is 15.2. The molecule has 1 aliphatic heterocycles. The van der Waals surface area contributed by atoms with Gasteiger partial charge in [-0.25, -0.2) is 0 Å². The Kier molecular flexibility index (Phi) is 3.19.